The SMILES string of the molecule is CN(Cc1ccc2c(c1)OCCO2)C(=O)COC(C)(C)C. The number of likely N-dealkylation sites (N-methyl/N-ethyl adjacent to an activating group) is 1. The molecule has 5 nitrogen and oxygen atoms in total. The molecule has 1 aliphatic heterocycles. The number of hydrogen-bond donors (Lipinski definition) is 0. The van der Waals surface area contributed by atoms with Crippen molar-refractivity contribution >= 4 is 5.91 Å². The fourth-order valence-corrected chi connectivity index (χ4v) is 1.94. The summed E-state index contributed by atoms with van der Waals surface area (Å²) in [5.41, 5.74) is 0.693. The summed E-state index contributed by atoms with van der Waals surface area (Å²) >= 11 is 0. The zero-order chi connectivity index (χ0) is 15.5. The lowest BCUT2D eigenvalue weighted by Crippen LogP contribution is -2.33. The van der Waals surface area contributed by atoms with E-state index in [1.54, 1.807) is 11.9 Å². The Labute approximate surface area is 125 Å². The minimum atomic E-state index is -0.312. The van der Waals surface area contributed by atoms with Crippen molar-refractivity contribution in [2.75, 3.05) is 26.9 Å². The first-order valence-electron chi connectivity index (χ1n) is 7.11. The first kappa shape index (κ1) is 15.6. The van der Waals surface area contributed by atoms with Crippen LogP contribution in [0.15, 0.2) is 18.2 Å². The monoisotopic (exact) mass is 293 g/mol. The Bertz CT molecular complexity index is 507. The number of ether oxygens (including phenoxy) is 3. The fraction of sp³-hybridized carbons (Fsp3) is 0.562. The number of carbonyl (C=O) groups is 1. The van der Waals surface area contributed by atoms with Gasteiger partial charge in [0, 0.05) is 13.6 Å². The Balaban J connectivity index is 1.93. The van der Waals surface area contributed by atoms with Gasteiger partial charge in [-0.05, 0) is 38.5 Å². The van der Waals surface area contributed by atoms with Gasteiger partial charge in [-0.3, -0.25) is 4.79 Å². The standard InChI is InChI=1S/C16H23NO4/c1-16(2,3)21-11-15(18)17(4)10-12-5-6-13-14(9-12)20-8-7-19-13/h5-6,9H,7-8,10-11H2,1-4H3. The molecule has 5 heteroatoms. The van der Waals surface area contributed by atoms with Crippen LogP contribution in [-0.4, -0.2) is 43.3 Å². The fourth-order valence-electron chi connectivity index (χ4n) is 1.94. The normalized spacial score (nSPS) is 13.9. The summed E-state index contributed by atoms with van der Waals surface area (Å²) in [6.45, 7) is 7.54. The summed E-state index contributed by atoms with van der Waals surface area (Å²) in [5.74, 6) is 1.46. The third-order valence-corrected chi connectivity index (χ3v) is 3.08. The van der Waals surface area contributed by atoms with Crippen molar-refractivity contribution in [1.82, 2.24) is 4.90 Å². The third kappa shape index (κ3) is 4.63. The molecule has 0 N–H and O–H groups in total. The van der Waals surface area contributed by atoms with Crippen LogP contribution in [0.4, 0.5) is 0 Å². The van der Waals surface area contributed by atoms with Gasteiger partial charge in [-0.1, -0.05) is 6.07 Å². The molecule has 1 amide bonds. The molecule has 0 saturated carbocycles. The number of nitrogens with zero attached hydrogens (tertiary/aromatic N) is 1. The zero-order valence-electron chi connectivity index (χ0n) is 13.1. The predicted molar refractivity (Wildman–Crippen MR) is 79.6 cm³/mol. The summed E-state index contributed by atoms with van der Waals surface area (Å²) in [5, 5.41) is 0. The molecule has 0 fully saturated rings. The van der Waals surface area contributed by atoms with E-state index >= 15 is 0 Å². The van der Waals surface area contributed by atoms with E-state index in [4.69, 9.17) is 14.2 Å². The lowest BCUT2D eigenvalue weighted by Gasteiger charge is -2.23. The van der Waals surface area contributed by atoms with E-state index in [0.717, 1.165) is 17.1 Å². The number of fused-ring (bicyclic) bond motifs is 1. The second-order valence-electron chi connectivity index (χ2n) is 6.13. The molecule has 1 aromatic rings. The van der Waals surface area contributed by atoms with Crippen molar-refractivity contribution in [3.8, 4) is 11.5 Å². The van der Waals surface area contributed by atoms with Crippen LogP contribution in [0.2, 0.25) is 0 Å². The minimum Gasteiger partial charge on any atom is -0.486 e. The summed E-state index contributed by atoms with van der Waals surface area (Å²) in [6.07, 6.45) is 0. The summed E-state index contributed by atoms with van der Waals surface area (Å²) in [6, 6.07) is 5.75. The van der Waals surface area contributed by atoms with E-state index in [-0.39, 0.29) is 18.1 Å². The van der Waals surface area contributed by atoms with Gasteiger partial charge in [-0.25, -0.2) is 0 Å². The van der Waals surface area contributed by atoms with Crippen molar-refractivity contribution < 1.29 is 19.0 Å². The highest BCUT2D eigenvalue weighted by molar-refractivity contribution is 5.77. The number of amides is 1. The summed E-state index contributed by atoms with van der Waals surface area (Å²) in [7, 11) is 1.77. The number of benzene rings is 1. The molecule has 1 aromatic carbocycles. The number of carbonyl (C=O) groups excluding carboxylic acids is 1. The molecule has 116 valence electrons. The van der Waals surface area contributed by atoms with Gasteiger partial charge in [-0.2, -0.15) is 0 Å². The Morgan fingerprint density at radius 3 is 2.57 bits per heavy atom. The first-order chi connectivity index (χ1) is 9.85. The van der Waals surface area contributed by atoms with Crippen LogP contribution < -0.4 is 9.47 Å². The molecule has 1 heterocycles. The van der Waals surface area contributed by atoms with E-state index in [0.29, 0.717) is 19.8 Å². The van der Waals surface area contributed by atoms with Crippen molar-refractivity contribution in [3.05, 3.63) is 23.8 Å². The molecule has 0 saturated heterocycles. The molecule has 0 spiro atoms. The average Bonchev–Trinajstić information content (AvgIpc) is 2.43. The van der Waals surface area contributed by atoms with E-state index < -0.39 is 0 Å². The Hall–Kier alpha value is -1.75. The van der Waals surface area contributed by atoms with E-state index in [9.17, 15) is 4.79 Å². The lowest BCUT2D eigenvalue weighted by atomic mass is 10.2. The van der Waals surface area contributed by atoms with E-state index in [1.807, 2.05) is 39.0 Å². The van der Waals surface area contributed by atoms with E-state index in [2.05, 4.69) is 0 Å². The van der Waals surface area contributed by atoms with Gasteiger partial charge in [0.15, 0.2) is 11.5 Å². The molecule has 0 bridgehead atoms. The Morgan fingerprint density at radius 2 is 1.90 bits per heavy atom. The van der Waals surface area contributed by atoms with Crippen LogP contribution in [0.5, 0.6) is 11.5 Å². The van der Waals surface area contributed by atoms with Crippen LogP contribution in [0.3, 0.4) is 0 Å². The van der Waals surface area contributed by atoms with Crippen LogP contribution >= 0.6 is 0 Å². The summed E-state index contributed by atoms with van der Waals surface area (Å²) < 4.78 is 16.5. The maximum Gasteiger partial charge on any atom is 0.248 e. The number of rotatable bonds is 4. The molecular formula is C16H23NO4. The molecule has 0 aromatic heterocycles. The maximum absolute atomic E-state index is 12.0. The topological polar surface area (TPSA) is 48.0 Å². The van der Waals surface area contributed by atoms with Gasteiger partial charge in [0.2, 0.25) is 5.91 Å². The predicted octanol–water partition coefficient (Wildman–Crippen LogP) is 2.23. The summed E-state index contributed by atoms with van der Waals surface area (Å²) in [4.78, 5) is 13.7. The maximum atomic E-state index is 12.0. The highest BCUT2D eigenvalue weighted by Crippen LogP contribution is 2.31. The first-order valence-corrected chi connectivity index (χ1v) is 7.11. The molecule has 2 rings (SSSR count). The molecular weight excluding hydrogens is 270 g/mol. The Morgan fingerprint density at radius 1 is 1.24 bits per heavy atom. The molecule has 0 aliphatic carbocycles. The zero-order valence-corrected chi connectivity index (χ0v) is 13.1. The van der Waals surface area contributed by atoms with E-state index in [1.165, 1.54) is 0 Å². The lowest BCUT2D eigenvalue weighted by molar-refractivity contribution is -0.140. The van der Waals surface area contributed by atoms with Gasteiger partial charge in [0.1, 0.15) is 19.8 Å². The van der Waals surface area contributed by atoms with Gasteiger partial charge in [-0.15, -0.1) is 0 Å². The minimum absolute atomic E-state index is 0.0418. The van der Waals surface area contributed by atoms with Crippen molar-refractivity contribution in [1.29, 1.82) is 0 Å². The van der Waals surface area contributed by atoms with Crippen LogP contribution in [0.1, 0.15) is 26.3 Å². The largest absolute Gasteiger partial charge is 0.486 e. The van der Waals surface area contributed by atoms with Crippen molar-refractivity contribution in [2.24, 2.45) is 0 Å². The average molecular weight is 293 g/mol. The van der Waals surface area contributed by atoms with Crippen LogP contribution in [0.25, 0.3) is 0 Å². The Kier molecular flexibility index (Phi) is 4.73. The molecule has 21 heavy (non-hydrogen) atoms. The number of hydrogen-bond acceptors (Lipinski definition) is 4. The van der Waals surface area contributed by atoms with Gasteiger partial charge in [0.05, 0.1) is 5.60 Å². The van der Waals surface area contributed by atoms with Gasteiger partial charge in [0.25, 0.3) is 0 Å². The molecule has 0 radical (unpaired) electrons. The molecule has 1 aliphatic rings. The second kappa shape index (κ2) is 6.35. The van der Waals surface area contributed by atoms with Crippen LogP contribution in [-0.2, 0) is 16.1 Å². The molecule has 0 unspecified atom stereocenters. The highest BCUT2D eigenvalue weighted by atomic mass is 16.6. The quantitative estimate of drug-likeness (QED) is 0.854. The second-order valence-corrected chi connectivity index (χ2v) is 6.13. The van der Waals surface area contributed by atoms with Crippen molar-refractivity contribution in [2.45, 2.75) is 32.9 Å². The van der Waals surface area contributed by atoms with Gasteiger partial charge < -0.3 is 19.1 Å². The third-order valence-electron chi connectivity index (χ3n) is 3.08. The molecule has 0 atom stereocenters. The smallest absolute Gasteiger partial charge is 0.248 e. The highest BCUT2D eigenvalue weighted by Gasteiger charge is 2.17. The van der Waals surface area contributed by atoms with Gasteiger partial charge >= 0.3 is 0 Å². The van der Waals surface area contributed by atoms with Crippen molar-refractivity contribution in [3.63, 3.8) is 0 Å². The van der Waals surface area contributed by atoms with Crippen LogP contribution in [0, 0.1) is 0 Å².